The maximum Gasteiger partial charge on any atom is 0.238 e. The number of nitrogens with zero attached hydrogens (tertiary/aromatic N) is 1. The van der Waals surface area contributed by atoms with Crippen molar-refractivity contribution in [3.05, 3.63) is 28.7 Å². The minimum atomic E-state index is 0.0757. The second kappa shape index (κ2) is 6.90. The van der Waals surface area contributed by atoms with Crippen molar-refractivity contribution in [1.82, 2.24) is 10.2 Å². The first-order valence-electron chi connectivity index (χ1n) is 7.74. The first-order valence-corrected chi connectivity index (χ1v) is 8.53. The van der Waals surface area contributed by atoms with Crippen LogP contribution in [-0.2, 0) is 4.79 Å². The molecule has 2 N–H and O–H groups in total. The molecule has 2 aliphatic rings. The Balaban J connectivity index is 1.55. The summed E-state index contributed by atoms with van der Waals surface area (Å²) in [6, 6.07) is 8.90. The van der Waals surface area contributed by atoms with Crippen LogP contribution in [0, 0.1) is 0 Å². The summed E-state index contributed by atoms with van der Waals surface area (Å²) in [6.07, 6.45) is 4.95. The van der Waals surface area contributed by atoms with Gasteiger partial charge in [0.2, 0.25) is 5.91 Å². The van der Waals surface area contributed by atoms with Crippen LogP contribution in [0.15, 0.2) is 28.7 Å². The summed E-state index contributed by atoms with van der Waals surface area (Å²) in [5.41, 5.74) is 0.845. The number of carbonyl (C=O) groups excluding carboxylic acids is 1. The summed E-state index contributed by atoms with van der Waals surface area (Å²) >= 11 is 3.46. The van der Waals surface area contributed by atoms with Gasteiger partial charge >= 0.3 is 0 Å². The zero-order valence-electron chi connectivity index (χ0n) is 12.1. The molecule has 3 rings (SSSR count). The Hall–Kier alpha value is -0.910. The van der Waals surface area contributed by atoms with Crippen molar-refractivity contribution in [2.24, 2.45) is 0 Å². The van der Waals surface area contributed by atoms with E-state index in [4.69, 9.17) is 0 Å². The summed E-state index contributed by atoms with van der Waals surface area (Å²) in [4.78, 5) is 14.6. The Morgan fingerprint density at radius 3 is 2.81 bits per heavy atom. The SMILES string of the molecule is O=C(CN(CC1CCCN1)C1CC1)Nc1ccccc1Br. The molecule has 4 nitrogen and oxygen atoms in total. The third-order valence-electron chi connectivity index (χ3n) is 4.18. The van der Waals surface area contributed by atoms with Gasteiger partial charge in [-0.25, -0.2) is 0 Å². The fourth-order valence-electron chi connectivity index (χ4n) is 2.91. The third kappa shape index (κ3) is 4.28. The van der Waals surface area contributed by atoms with Crippen molar-refractivity contribution in [2.75, 3.05) is 25.0 Å². The molecule has 114 valence electrons. The summed E-state index contributed by atoms with van der Waals surface area (Å²) in [5, 5.41) is 6.52. The lowest BCUT2D eigenvalue weighted by molar-refractivity contribution is -0.117. The fourth-order valence-corrected chi connectivity index (χ4v) is 3.30. The van der Waals surface area contributed by atoms with Crippen LogP contribution in [0.1, 0.15) is 25.7 Å². The van der Waals surface area contributed by atoms with Crippen molar-refractivity contribution in [1.29, 1.82) is 0 Å². The molecule has 1 amide bonds. The Morgan fingerprint density at radius 1 is 1.33 bits per heavy atom. The van der Waals surface area contributed by atoms with Crippen molar-refractivity contribution in [3.63, 3.8) is 0 Å². The maximum atomic E-state index is 12.3. The summed E-state index contributed by atoms with van der Waals surface area (Å²) in [6.45, 7) is 2.60. The molecule has 1 saturated carbocycles. The normalized spacial score (nSPS) is 21.7. The number of hydrogen-bond donors (Lipinski definition) is 2. The number of carbonyl (C=O) groups is 1. The van der Waals surface area contributed by atoms with Crippen LogP contribution in [0.4, 0.5) is 5.69 Å². The van der Waals surface area contributed by atoms with Gasteiger partial charge in [-0.2, -0.15) is 0 Å². The Morgan fingerprint density at radius 2 is 2.14 bits per heavy atom. The average Bonchev–Trinajstić information content (AvgIpc) is 3.19. The molecule has 1 aromatic rings. The van der Waals surface area contributed by atoms with Gasteiger partial charge in [0.15, 0.2) is 0 Å². The van der Waals surface area contributed by atoms with Crippen LogP contribution >= 0.6 is 15.9 Å². The summed E-state index contributed by atoms with van der Waals surface area (Å²) in [7, 11) is 0. The molecular formula is C16H22BrN3O. The van der Waals surface area contributed by atoms with E-state index in [1.54, 1.807) is 0 Å². The van der Waals surface area contributed by atoms with E-state index in [1.165, 1.54) is 25.7 Å². The number of amides is 1. The van der Waals surface area contributed by atoms with E-state index < -0.39 is 0 Å². The molecule has 1 heterocycles. The first-order chi connectivity index (χ1) is 10.2. The molecule has 1 aliphatic carbocycles. The molecule has 21 heavy (non-hydrogen) atoms. The molecule has 0 aromatic heterocycles. The van der Waals surface area contributed by atoms with E-state index in [2.05, 4.69) is 31.5 Å². The Bertz CT molecular complexity index is 498. The van der Waals surface area contributed by atoms with Gasteiger partial charge < -0.3 is 10.6 Å². The molecule has 2 fully saturated rings. The quantitative estimate of drug-likeness (QED) is 0.827. The van der Waals surface area contributed by atoms with E-state index in [0.717, 1.165) is 23.2 Å². The largest absolute Gasteiger partial charge is 0.324 e. The van der Waals surface area contributed by atoms with Gasteiger partial charge in [0.25, 0.3) is 0 Å². The predicted molar refractivity (Wildman–Crippen MR) is 88.4 cm³/mol. The van der Waals surface area contributed by atoms with E-state index in [0.29, 0.717) is 18.6 Å². The molecule has 0 bridgehead atoms. The van der Waals surface area contributed by atoms with Gasteiger partial charge in [0, 0.05) is 23.1 Å². The second-order valence-electron chi connectivity index (χ2n) is 5.98. The summed E-state index contributed by atoms with van der Waals surface area (Å²) in [5.74, 6) is 0.0757. The second-order valence-corrected chi connectivity index (χ2v) is 6.84. The van der Waals surface area contributed by atoms with Gasteiger partial charge in [-0.1, -0.05) is 12.1 Å². The van der Waals surface area contributed by atoms with Gasteiger partial charge in [-0.15, -0.1) is 0 Å². The molecule has 1 saturated heterocycles. The first kappa shape index (κ1) is 15.0. The van der Waals surface area contributed by atoms with Crippen LogP contribution in [0.2, 0.25) is 0 Å². The van der Waals surface area contributed by atoms with Gasteiger partial charge in [-0.3, -0.25) is 9.69 Å². The standard InChI is InChI=1S/C16H22BrN3O/c17-14-5-1-2-6-15(14)19-16(21)11-20(13-7-8-13)10-12-4-3-9-18-12/h1-2,5-6,12-13,18H,3-4,7-11H2,(H,19,21). The average molecular weight is 352 g/mol. The molecule has 1 aliphatic heterocycles. The lowest BCUT2D eigenvalue weighted by atomic mass is 10.2. The Labute approximate surface area is 134 Å². The molecule has 1 unspecified atom stereocenters. The van der Waals surface area contributed by atoms with Gasteiger partial charge in [0.1, 0.15) is 0 Å². The number of rotatable bonds is 6. The van der Waals surface area contributed by atoms with Crippen molar-refractivity contribution >= 4 is 27.5 Å². The van der Waals surface area contributed by atoms with Crippen LogP contribution in [-0.4, -0.2) is 42.5 Å². The van der Waals surface area contributed by atoms with E-state index >= 15 is 0 Å². The highest BCUT2D eigenvalue weighted by Crippen LogP contribution is 2.28. The highest BCUT2D eigenvalue weighted by Gasteiger charge is 2.32. The summed E-state index contributed by atoms with van der Waals surface area (Å²) < 4.78 is 0.925. The lowest BCUT2D eigenvalue weighted by Crippen LogP contribution is -2.42. The van der Waals surface area contributed by atoms with E-state index in [-0.39, 0.29) is 5.91 Å². The fraction of sp³-hybridized carbons (Fsp3) is 0.562. The lowest BCUT2D eigenvalue weighted by Gasteiger charge is -2.25. The van der Waals surface area contributed by atoms with Gasteiger partial charge in [-0.05, 0) is 60.3 Å². The number of anilines is 1. The highest BCUT2D eigenvalue weighted by molar-refractivity contribution is 9.10. The molecular weight excluding hydrogens is 330 g/mol. The molecule has 0 radical (unpaired) electrons. The van der Waals surface area contributed by atoms with Crippen LogP contribution in [0.3, 0.4) is 0 Å². The number of halogens is 1. The molecule has 1 atom stereocenters. The smallest absolute Gasteiger partial charge is 0.238 e. The maximum absolute atomic E-state index is 12.3. The minimum absolute atomic E-state index is 0.0757. The zero-order valence-corrected chi connectivity index (χ0v) is 13.7. The molecule has 0 spiro atoms. The number of benzene rings is 1. The number of nitrogens with one attached hydrogen (secondary N) is 2. The monoisotopic (exact) mass is 351 g/mol. The van der Waals surface area contributed by atoms with Crippen LogP contribution in [0.25, 0.3) is 0 Å². The van der Waals surface area contributed by atoms with E-state index in [1.807, 2.05) is 24.3 Å². The van der Waals surface area contributed by atoms with Gasteiger partial charge in [0.05, 0.1) is 12.2 Å². The zero-order chi connectivity index (χ0) is 14.7. The predicted octanol–water partition coefficient (Wildman–Crippen LogP) is 2.60. The number of hydrogen-bond acceptors (Lipinski definition) is 3. The van der Waals surface area contributed by atoms with Crippen LogP contribution < -0.4 is 10.6 Å². The topological polar surface area (TPSA) is 44.4 Å². The molecule has 5 heteroatoms. The Kier molecular flexibility index (Phi) is 4.93. The minimum Gasteiger partial charge on any atom is -0.324 e. The number of para-hydroxylation sites is 1. The third-order valence-corrected chi connectivity index (χ3v) is 4.87. The van der Waals surface area contributed by atoms with Crippen molar-refractivity contribution < 1.29 is 4.79 Å². The highest BCUT2D eigenvalue weighted by atomic mass is 79.9. The van der Waals surface area contributed by atoms with E-state index in [9.17, 15) is 4.79 Å². The molecule has 1 aromatic carbocycles. The van der Waals surface area contributed by atoms with Crippen molar-refractivity contribution in [3.8, 4) is 0 Å². The van der Waals surface area contributed by atoms with Crippen molar-refractivity contribution in [2.45, 2.75) is 37.8 Å². The van der Waals surface area contributed by atoms with Crippen LogP contribution in [0.5, 0.6) is 0 Å².